The molecule has 0 spiro atoms. The van der Waals surface area contributed by atoms with Gasteiger partial charge in [-0.15, -0.1) is 0 Å². The lowest BCUT2D eigenvalue weighted by atomic mass is 9.83. The number of unbranched alkanes of at least 4 members (excludes halogenated alkanes) is 1. The molecule has 5 fully saturated rings. The number of nitrogens with one attached hydrogen (secondary N) is 4. The van der Waals surface area contributed by atoms with Crippen molar-refractivity contribution < 1.29 is 32.4 Å². The first-order valence-corrected chi connectivity index (χ1v) is 21.3. The number of ketones is 1. The van der Waals surface area contributed by atoms with Gasteiger partial charge in [-0.3, -0.25) is 19.2 Å². The van der Waals surface area contributed by atoms with Crippen LogP contribution in [-0.4, -0.2) is 102 Å². The quantitative estimate of drug-likeness (QED) is 0.175. The number of amides is 5. The van der Waals surface area contributed by atoms with Gasteiger partial charge < -0.3 is 26.2 Å². The predicted molar refractivity (Wildman–Crippen MR) is 198 cm³/mol. The zero-order valence-corrected chi connectivity index (χ0v) is 33.5. The molecule has 5 rings (SSSR count). The average molecular weight is 749 g/mol. The molecule has 0 bridgehead atoms. The molecule has 0 radical (unpaired) electrons. The summed E-state index contributed by atoms with van der Waals surface area (Å²) in [6.45, 7) is 13.9. The van der Waals surface area contributed by atoms with Crippen molar-refractivity contribution in [3.05, 3.63) is 0 Å². The summed E-state index contributed by atoms with van der Waals surface area (Å²) in [4.78, 5) is 70.1. The van der Waals surface area contributed by atoms with E-state index in [2.05, 4.69) is 35.1 Å². The normalized spacial score (nSPS) is 26.8. The average Bonchev–Trinajstić information content (AvgIpc) is 4.02. The van der Waals surface area contributed by atoms with E-state index in [1.165, 1.54) is 4.31 Å². The van der Waals surface area contributed by atoms with Gasteiger partial charge in [-0.1, -0.05) is 73.6 Å². The van der Waals surface area contributed by atoms with Crippen LogP contribution >= 0.6 is 0 Å². The summed E-state index contributed by atoms with van der Waals surface area (Å²) >= 11 is 0. The van der Waals surface area contributed by atoms with E-state index in [-0.39, 0.29) is 35.1 Å². The highest BCUT2D eigenvalue weighted by Gasteiger charge is 2.70. The Morgan fingerprint density at radius 1 is 0.962 bits per heavy atom. The zero-order chi connectivity index (χ0) is 38.4. The number of hydrogen-bond donors (Lipinski definition) is 4. The van der Waals surface area contributed by atoms with E-state index in [1.807, 2.05) is 34.6 Å². The third-order valence-corrected chi connectivity index (χ3v) is 14.9. The van der Waals surface area contributed by atoms with Crippen LogP contribution in [0.25, 0.3) is 0 Å². The number of carbonyl (C=O) groups is 5. The number of rotatable bonds is 16. The minimum atomic E-state index is -3.69. The third kappa shape index (κ3) is 8.96. The number of likely N-dealkylation sites (tertiary alicyclic amines) is 1. The first-order valence-electron chi connectivity index (χ1n) is 19.7. The Labute approximate surface area is 311 Å². The van der Waals surface area contributed by atoms with Gasteiger partial charge in [-0.2, -0.15) is 0 Å². The number of nitrogens with zero attached hydrogens (tertiary/aromatic N) is 2. The standard InChI is InChI=1S/C38H64N6O7S/c1-9-10-14-27(30(45)33(47)39-25-17-18-25)40-32(46)29-28-26(37(28,6)7)21-44(29)34(48)31(36(3,4)5)41-35(49)42-38(19-12-11-13-20-38)22-52(50,51)43(8)23(2)24-15-16-24/h23-29,31H,9-22H2,1-8H3,(H,39,47)(H,40,46)(H2,41,42,49)/t23-,26-,27-,28-,29-,31+/m0/s1. The van der Waals surface area contributed by atoms with Gasteiger partial charge >= 0.3 is 6.03 Å². The second kappa shape index (κ2) is 15.2. The molecule has 52 heavy (non-hydrogen) atoms. The van der Waals surface area contributed by atoms with E-state index < -0.39 is 68.6 Å². The number of sulfonamides is 1. The van der Waals surface area contributed by atoms with Gasteiger partial charge in [-0.25, -0.2) is 17.5 Å². The Morgan fingerprint density at radius 2 is 1.60 bits per heavy atom. The van der Waals surface area contributed by atoms with Crippen LogP contribution in [0.1, 0.15) is 126 Å². The molecule has 5 amide bonds. The Balaban J connectivity index is 1.32. The zero-order valence-electron chi connectivity index (χ0n) is 32.7. The van der Waals surface area contributed by atoms with Crippen LogP contribution < -0.4 is 21.3 Å². The fourth-order valence-corrected chi connectivity index (χ4v) is 10.7. The van der Waals surface area contributed by atoms with E-state index >= 15 is 0 Å². The first-order chi connectivity index (χ1) is 24.2. The van der Waals surface area contributed by atoms with Gasteiger partial charge in [0.2, 0.25) is 27.6 Å². The third-order valence-electron chi connectivity index (χ3n) is 12.7. The summed E-state index contributed by atoms with van der Waals surface area (Å²) in [6.07, 6.45) is 8.99. The van der Waals surface area contributed by atoms with Crippen LogP contribution in [-0.2, 0) is 29.2 Å². The van der Waals surface area contributed by atoms with Crippen LogP contribution in [0, 0.1) is 28.6 Å². The van der Waals surface area contributed by atoms with Gasteiger partial charge in [-0.05, 0) is 80.5 Å². The maximum Gasteiger partial charge on any atom is 0.315 e. The van der Waals surface area contributed by atoms with E-state index in [0.29, 0.717) is 38.1 Å². The summed E-state index contributed by atoms with van der Waals surface area (Å²) in [7, 11) is -2.06. The summed E-state index contributed by atoms with van der Waals surface area (Å²) in [5, 5.41) is 11.6. The molecule has 14 heteroatoms. The lowest BCUT2D eigenvalue weighted by Gasteiger charge is -2.41. The molecule has 294 valence electrons. The molecule has 4 N–H and O–H groups in total. The molecule has 13 nitrogen and oxygen atoms in total. The number of carbonyl (C=O) groups excluding carboxylic acids is 5. The van der Waals surface area contributed by atoms with E-state index in [0.717, 1.165) is 51.4 Å². The minimum Gasteiger partial charge on any atom is -0.347 e. The van der Waals surface area contributed by atoms with Crippen LogP contribution in [0.15, 0.2) is 0 Å². The number of fused-ring (bicyclic) bond motifs is 1. The molecule has 0 unspecified atom stereocenters. The van der Waals surface area contributed by atoms with Gasteiger partial charge in [0, 0.05) is 25.7 Å². The number of hydrogen-bond acceptors (Lipinski definition) is 7. The fourth-order valence-electron chi connectivity index (χ4n) is 8.73. The topological polar surface area (TPSA) is 174 Å². The lowest BCUT2D eigenvalue weighted by Crippen LogP contribution is -2.64. The largest absolute Gasteiger partial charge is 0.347 e. The van der Waals surface area contributed by atoms with Crippen molar-refractivity contribution in [3.8, 4) is 0 Å². The van der Waals surface area contributed by atoms with Crippen LogP contribution in [0.5, 0.6) is 0 Å². The first kappa shape index (κ1) is 40.4. The summed E-state index contributed by atoms with van der Waals surface area (Å²) < 4.78 is 28.8. The summed E-state index contributed by atoms with van der Waals surface area (Å²) in [5.74, 6) is -2.16. The maximum absolute atomic E-state index is 14.6. The Bertz CT molecular complexity index is 1490. The molecule has 5 aliphatic rings. The van der Waals surface area contributed by atoms with Crippen molar-refractivity contribution in [2.75, 3.05) is 19.3 Å². The molecule has 4 saturated carbocycles. The SMILES string of the molecule is CCCC[C@H](NC(=O)[C@@H]1[C@@H]2[C@H](CN1C(=O)[C@@H](NC(=O)NC1(CS(=O)(=O)N(C)[C@@H](C)C3CC3)CCCCC1)C(C)(C)C)C2(C)C)C(=O)C(=O)NC1CC1. The highest BCUT2D eigenvalue weighted by molar-refractivity contribution is 7.89. The predicted octanol–water partition coefficient (Wildman–Crippen LogP) is 3.47. The fraction of sp³-hybridized carbons (Fsp3) is 0.868. The minimum absolute atomic E-state index is 0.00345. The second-order valence-electron chi connectivity index (χ2n) is 18.3. The Kier molecular flexibility index (Phi) is 11.8. The van der Waals surface area contributed by atoms with E-state index in [9.17, 15) is 32.4 Å². The molecule has 1 heterocycles. The Hall–Kier alpha value is -2.74. The molecule has 0 aromatic carbocycles. The summed E-state index contributed by atoms with van der Waals surface area (Å²) in [6, 6.07) is -3.61. The van der Waals surface area contributed by atoms with Gasteiger partial charge in [0.15, 0.2) is 0 Å². The Morgan fingerprint density at radius 3 is 2.15 bits per heavy atom. The highest BCUT2D eigenvalue weighted by Crippen LogP contribution is 2.65. The van der Waals surface area contributed by atoms with Gasteiger partial charge in [0.1, 0.15) is 12.1 Å². The van der Waals surface area contributed by atoms with Gasteiger partial charge in [0.25, 0.3) is 5.91 Å². The molecule has 1 aliphatic heterocycles. The van der Waals surface area contributed by atoms with Crippen molar-refractivity contribution in [3.63, 3.8) is 0 Å². The monoisotopic (exact) mass is 748 g/mol. The van der Waals surface area contributed by atoms with Crippen molar-refractivity contribution in [1.82, 2.24) is 30.5 Å². The number of Topliss-reactive ketones (excluding diaryl/α,β-unsaturated/α-hetero) is 1. The van der Waals surface area contributed by atoms with E-state index in [4.69, 9.17) is 0 Å². The van der Waals surface area contributed by atoms with Crippen LogP contribution in [0.2, 0.25) is 0 Å². The molecule has 0 aromatic heterocycles. The second-order valence-corrected chi connectivity index (χ2v) is 20.3. The molecule has 4 aliphatic carbocycles. The van der Waals surface area contributed by atoms with Crippen molar-refractivity contribution in [2.24, 2.45) is 28.6 Å². The van der Waals surface area contributed by atoms with Crippen molar-refractivity contribution >= 4 is 39.6 Å². The van der Waals surface area contributed by atoms with Crippen molar-refractivity contribution in [2.45, 2.75) is 161 Å². The number of piperidine rings is 1. The maximum atomic E-state index is 14.6. The van der Waals surface area contributed by atoms with Crippen LogP contribution in [0.3, 0.4) is 0 Å². The molecular weight excluding hydrogens is 685 g/mol. The molecular formula is C38H64N6O7S. The molecule has 0 aromatic rings. The lowest BCUT2D eigenvalue weighted by molar-refractivity contribution is -0.145. The van der Waals surface area contributed by atoms with E-state index in [1.54, 1.807) is 11.9 Å². The highest BCUT2D eigenvalue weighted by atomic mass is 32.2. The van der Waals surface area contributed by atoms with Crippen molar-refractivity contribution in [1.29, 1.82) is 0 Å². The van der Waals surface area contributed by atoms with Crippen LogP contribution in [0.4, 0.5) is 4.79 Å². The van der Waals surface area contributed by atoms with Gasteiger partial charge in [0.05, 0.1) is 17.3 Å². The molecule has 6 atom stereocenters. The smallest absolute Gasteiger partial charge is 0.315 e. The molecule has 1 saturated heterocycles. The number of urea groups is 1. The summed E-state index contributed by atoms with van der Waals surface area (Å²) in [5.41, 5.74) is -1.93.